The molecule has 0 aromatic heterocycles. The number of fused-ring (bicyclic) bond motifs is 5. The number of cyclic esters (lactones) is 1. The maximum absolute atomic E-state index is 12.6. The average molecular weight is 859 g/mol. The Morgan fingerprint density at radius 2 is 1.42 bits per heavy atom. The number of rotatable bonds is 10. The fourth-order valence-electron chi connectivity index (χ4n) is 13.0. The molecule has 342 valence electrons. The SMILES string of the molecule is CO[C@H]1[C@H](O)[C@H](O[C@H]2CC[C@@]3(C)[C@H](CC[C@H]4[C@H]3CC[C@]3(C)[C@H](C5=CC(=O)OC5)CC[C@]43O)C2)O[C@@H](C)[C@@H]1O[C@@H]1O[C@H](CO[C@@H]2O[C@H](CO)[C@@H](O)[C@H](O)[C@H]2O)[C@@H](O)[C@H](O)[C@H]1O. The van der Waals surface area contributed by atoms with Crippen LogP contribution in [0.25, 0.3) is 0 Å². The van der Waals surface area contributed by atoms with Crippen LogP contribution < -0.4 is 0 Å². The second-order valence-electron chi connectivity index (χ2n) is 19.4. The summed E-state index contributed by atoms with van der Waals surface area (Å²) in [6.07, 6.45) is -11.9. The molecule has 7 fully saturated rings. The van der Waals surface area contributed by atoms with Crippen molar-refractivity contribution in [1.29, 1.82) is 0 Å². The first kappa shape index (κ1) is 45.1. The monoisotopic (exact) mass is 858 g/mol. The van der Waals surface area contributed by atoms with Gasteiger partial charge in [-0.15, -0.1) is 0 Å². The zero-order chi connectivity index (χ0) is 43.1. The molecule has 4 aliphatic heterocycles. The Morgan fingerprint density at radius 1 is 0.733 bits per heavy atom. The molecule has 0 bridgehead atoms. The highest BCUT2D eigenvalue weighted by Crippen LogP contribution is 2.70. The first-order valence-corrected chi connectivity index (χ1v) is 21.8. The van der Waals surface area contributed by atoms with Gasteiger partial charge in [0, 0.05) is 18.6 Å². The van der Waals surface area contributed by atoms with E-state index in [-0.39, 0.29) is 34.7 Å². The van der Waals surface area contributed by atoms with E-state index in [1.54, 1.807) is 13.0 Å². The van der Waals surface area contributed by atoms with Crippen LogP contribution in [0.4, 0.5) is 0 Å². The normalized spacial score (nSPS) is 54.4. The Kier molecular flexibility index (Phi) is 12.9. The highest BCUT2D eigenvalue weighted by Gasteiger charge is 2.68. The fraction of sp³-hybridized carbons (Fsp3) is 0.929. The maximum Gasteiger partial charge on any atom is 0.331 e. The van der Waals surface area contributed by atoms with Gasteiger partial charge in [-0.05, 0) is 99.4 Å². The largest absolute Gasteiger partial charge is 0.458 e. The summed E-state index contributed by atoms with van der Waals surface area (Å²) in [5.74, 6) is 0.725. The van der Waals surface area contributed by atoms with Crippen LogP contribution in [0.3, 0.4) is 0 Å². The number of esters is 1. The standard InChI is InChI=1S/C42H66O18/c1-18-35(60-38-33(50)31(48)29(46)26(59-38)17-55-37-32(49)30(47)28(45)25(15-43)58-37)36(53-4)34(51)39(56-18)57-21-7-10-40(2)20(14-21)5-6-24-23(40)8-11-41(3)22(9-12-42(24,41)52)19-13-27(44)54-16-19/h13,18,20-26,28-39,43,45-52H,5-12,14-17H2,1-4H3/t18-,20+,21-,22-,23+,24-,25+,26+,28+,29+,30-,31-,32+,33+,34-,35-,36-,37+,38-,39-,40-,41+,42-/m0/s1. The minimum absolute atomic E-state index is 0.00760. The number of hydrogen-bond donors (Lipinski definition) is 9. The van der Waals surface area contributed by atoms with Crippen LogP contribution in [-0.4, -0.2) is 183 Å². The molecule has 18 heteroatoms. The number of aliphatic hydroxyl groups is 9. The summed E-state index contributed by atoms with van der Waals surface area (Å²) in [6, 6.07) is 0. The van der Waals surface area contributed by atoms with Crippen molar-refractivity contribution in [1.82, 2.24) is 0 Å². The molecule has 0 unspecified atom stereocenters. The molecule has 4 heterocycles. The van der Waals surface area contributed by atoms with E-state index in [1.807, 2.05) is 0 Å². The second-order valence-corrected chi connectivity index (χ2v) is 19.4. The van der Waals surface area contributed by atoms with Gasteiger partial charge in [-0.1, -0.05) is 13.8 Å². The molecule has 18 nitrogen and oxygen atoms in total. The lowest BCUT2D eigenvalue weighted by molar-refractivity contribution is -0.367. The van der Waals surface area contributed by atoms with Crippen molar-refractivity contribution < 1.29 is 88.6 Å². The Bertz CT molecular complexity index is 1570. The molecule has 0 aromatic carbocycles. The van der Waals surface area contributed by atoms with Crippen LogP contribution in [-0.2, 0) is 42.7 Å². The molecule has 0 spiro atoms. The molecule has 0 amide bonds. The van der Waals surface area contributed by atoms with Gasteiger partial charge in [0.05, 0.1) is 31.0 Å². The molecule has 8 rings (SSSR count). The van der Waals surface area contributed by atoms with Gasteiger partial charge in [0.2, 0.25) is 0 Å². The molecule has 9 N–H and O–H groups in total. The highest BCUT2D eigenvalue weighted by atomic mass is 16.8. The Balaban J connectivity index is 0.875. The van der Waals surface area contributed by atoms with Crippen LogP contribution in [0.15, 0.2) is 11.6 Å². The lowest BCUT2D eigenvalue weighted by Crippen LogP contribution is -2.65. The molecule has 23 atom stereocenters. The number of carbonyl (C=O) groups is 1. The maximum atomic E-state index is 12.6. The number of carbonyl (C=O) groups excluding carboxylic acids is 1. The van der Waals surface area contributed by atoms with Crippen molar-refractivity contribution in [2.24, 2.45) is 34.5 Å². The Labute approximate surface area is 349 Å². The second kappa shape index (κ2) is 17.2. The van der Waals surface area contributed by atoms with Gasteiger partial charge in [-0.25, -0.2) is 4.79 Å². The molecular formula is C42H66O18. The van der Waals surface area contributed by atoms with Crippen molar-refractivity contribution in [3.8, 4) is 0 Å². The van der Waals surface area contributed by atoms with Crippen LogP contribution >= 0.6 is 0 Å². The van der Waals surface area contributed by atoms with Gasteiger partial charge in [-0.3, -0.25) is 0 Å². The lowest BCUT2D eigenvalue weighted by atomic mass is 9.43. The highest BCUT2D eigenvalue weighted by molar-refractivity contribution is 5.85. The number of hydrogen-bond acceptors (Lipinski definition) is 18. The third kappa shape index (κ3) is 7.50. The third-order valence-electron chi connectivity index (χ3n) is 16.5. The van der Waals surface area contributed by atoms with Crippen molar-refractivity contribution in [3.05, 3.63) is 11.6 Å². The van der Waals surface area contributed by atoms with E-state index in [9.17, 15) is 50.8 Å². The Hall–Kier alpha value is -1.43. The number of aliphatic hydroxyl groups excluding tert-OH is 8. The molecular weight excluding hydrogens is 792 g/mol. The zero-order valence-electron chi connectivity index (χ0n) is 34.8. The summed E-state index contributed by atoms with van der Waals surface area (Å²) < 4.78 is 46.6. The van der Waals surface area contributed by atoms with Crippen molar-refractivity contribution in [2.75, 3.05) is 26.9 Å². The first-order chi connectivity index (χ1) is 28.4. The van der Waals surface area contributed by atoms with Crippen molar-refractivity contribution in [2.45, 2.75) is 182 Å². The zero-order valence-corrected chi connectivity index (χ0v) is 34.8. The predicted octanol–water partition coefficient (Wildman–Crippen LogP) is -1.24. The van der Waals surface area contributed by atoms with Crippen LogP contribution in [0.2, 0.25) is 0 Å². The lowest BCUT2D eigenvalue weighted by Gasteiger charge is -2.64. The van der Waals surface area contributed by atoms with Gasteiger partial charge < -0.3 is 83.9 Å². The van der Waals surface area contributed by atoms with Crippen molar-refractivity contribution in [3.63, 3.8) is 0 Å². The van der Waals surface area contributed by atoms with E-state index >= 15 is 0 Å². The Morgan fingerprint density at radius 3 is 2.10 bits per heavy atom. The van der Waals surface area contributed by atoms with Gasteiger partial charge in [0.25, 0.3) is 0 Å². The fourth-order valence-corrected chi connectivity index (χ4v) is 13.0. The summed E-state index contributed by atoms with van der Waals surface area (Å²) in [5, 5.41) is 96.6. The average Bonchev–Trinajstić information content (AvgIpc) is 3.78. The molecule has 0 aromatic rings. The quantitative estimate of drug-likeness (QED) is 0.0918. The van der Waals surface area contributed by atoms with Crippen LogP contribution in [0.5, 0.6) is 0 Å². The van der Waals surface area contributed by atoms with E-state index in [0.29, 0.717) is 18.4 Å². The molecule has 4 aliphatic carbocycles. The topological polar surface area (TPSA) is 273 Å². The van der Waals surface area contributed by atoms with E-state index < -0.39 is 111 Å². The minimum atomic E-state index is -1.77. The minimum Gasteiger partial charge on any atom is -0.458 e. The van der Waals surface area contributed by atoms with Gasteiger partial charge >= 0.3 is 5.97 Å². The molecule has 8 aliphatic rings. The third-order valence-corrected chi connectivity index (χ3v) is 16.5. The van der Waals surface area contributed by atoms with E-state index in [0.717, 1.165) is 63.4 Å². The van der Waals surface area contributed by atoms with E-state index in [1.165, 1.54) is 7.11 Å². The van der Waals surface area contributed by atoms with E-state index in [4.69, 9.17) is 37.9 Å². The van der Waals surface area contributed by atoms with Gasteiger partial charge in [0.15, 0.2) is 18.9 Å². The van der Waals surface area contributed by atoms with Crippen LogP contribution in [0.1, 0.15) is 78.6 Å². The number of methoxy groups -OCH3 is 1. The van der Waals surface area contributed by atoms with Gasteiger partial charge in [0.1, 0.15) is 73.8 Å². The molecule has 60 heavy (non-hydrogen) atoms. The molecule has 3 saturated heterocycles. The summed E-state index contributed by atoms with van der Waals surface area (Å²) in [6.45, 7) is 5.42. The number of ether oxygens (including phenoxy) is 8. The predicted molar refractivity (Wildman–Crippen MR) is 203 cm³/mol. The van der Waals surface area contributed by atoms with Crippen molar-refractivity contribution >= 4 is 5.97 Å². The summed E-state index contributed by atoms with van der Waals surface area (Å²) in [4.78, 5) is 12.0. The molecule has 0 radical (unpaired) electrons. The first-order valence-electron chi connectivity index (χ1n) is 21.8. The van der Waals surface area contributed by atoms with Gasteiger partial charge in [-0.2, -0.15) is 0 Å². The summed E-state index contributed by atoms with van der Waals surface area (Å²) in [7, 11) is 1.39. The van der Waals surface area contributed by atoms with E-state index in [2.05, 4.69) is 13.8 Å². The molecule has 4 saturated carbocycles. The summed E-state index contributed by atoms with van der Waals surface area (Å²) in [5.41, 5.74) is -0.0850. The van der Waals surface area contributed by atoms with Crippen LogP contribution in [0, 0.1) is 34.5 Å². The summed E-state index contributed by atoms with van der Waals surface area (Å²) >= 11 is 0. The smallest absolute Gasteiger partial charge is 0.331 e.